The van der Waals surface area contributed by atoms with Crippen LogP contribution in [0, 0.1) is 0 Å². The Morgan fingerprint density at radius 1 is 1.25 bits per heavy atom. The Kier molecular flexibility index (Phi) is 3.54. The molecule has 0 amide bonds. The van der Waals surface area contributed by atoms with Gasteiger partial charge >= 0.3 is 0 Å². The van der Waals surface area contributed by atoms with Gasteiger partial charge in [-0.15, -0.1) is 11.3 Å². The Bertz CT molecular complexity index is 744. The minimum atomic E-state index is 0.0251. The van der Waals surface area contributed by atoms with E-state index in [0.29, 0.717) is 17.7 Å². The highest BCUT2D eigenvalue weighted by molar-refractivity contribution is 9.10. The molecule has 0 unspecified atom stereocenters. The van der Waals surface area contributed by atoms with Crippen LogP contribution in [-0.4, -0.2) is 10.8 Å². The fourth-order valence-corrected chi connectivity index (χ4v) is 3.49. The average molecular weight is 347 g/mol. The molecule has 1 aromatic heterocycles. The van der Waals surface area contributed by atoms with Crippen molar-refractivity contribution in [1.82, 2.24) is 4.98 Å². The molecule has 3 nitrogen and oxygen atoms in total. The van der Waals surface area contributed by atoms with Gasteiger partial charge in [-0.3, -0.25) is 4.79 Å². The summed E-state index contributed by atoms with van der Waals surface area (Å²) >= 11 is 4.90. The third-order valence-electron chi connectivity index (χ3n) is 2.89. The van der Waals surface area contributed by atoms with Crippen molar-refractivity contribution in [3.8, 4) is 0 Å². The quantitative estimate of drug-likeness (QED) is 0.574. The molecular formula is C15H11BrN2OS. The molecule has 0 saturated heterocycles. The number of carbonyl (C=O) groups is 1. The summed E-state index contributed by atoms with van der Waals surface area (Å²) in [6, 6.07) is 13.1. The standard InChI is InChI=1S/C15H11BrN2OS/c16-10-5-9(6-11(17)7-10)13(19)8-15-18-12-3-1-2-4-14(12)20-15/h1-7H,8,17H2. The van der Waals surface area contributed by atoms with E-state index in [2.05, 4.69) is 20.9 Å². The van der Waals surface area contributed by atoms with Gasteiger partial charge in [-0.25, -0.2) is 4.98 Å². The van der Waals surface area contributed by atoms with E-state index in [4.69, 9.17) is 5.73 Å². The zero-order chi connectivity index (χ0) is 14.1. The molecule has 5 heteroatoms. The Labute approximate surface area is 128 Å². The molecule has 20 heavy (non-hydrogen) atoms. The lowest BCUT2D eigenvalue weighted by atomic mass is 10.1. The van der Waals surface area contributed by atoms with Crippen LogP contribution in [0.15, 0.2) is 46.9 Å². The molecule has 1 heterocycles. The lowest BCUT2D eigenvalue weighted by Crippen LogP contribution is -2.04. The Hall–Kier alpha value is -1.72. The van der Waals surface area contributed by atoms with Gasteiger partial charge in [0, 0.05) is 15.7 Å². The van der Waals surface area contributed by atoms with Gasteiger partial charge in [-0.1, -0.05) is 28.1 Å². The molecule has 0 aliphatic rings. The Morgan fingerprint density at radius 2 is 2.05 bits per heavy atom. The smallest absolute Gasteiger partial charge is 0.169 e. The van der Waals surface area contributed by atoms with Crippen LogP contribution in [0.1, 0.15) is 15.4 Å². The molecular weight excluding hydrogens is 336 g/mol. The summed E-state index contributed by atoms with van der Waals surface area (Å²) in [4.78, 5) is 16.8. The van der Waals surface area contributed by atoms with Gasteiger partial charge < -0.3 is 5.73 Å². The first kappa shape index (κ1) is 13.3. The van der Waals surface area contributed by atoms with Crippen LogP contribution >= 0.6 is 27.3 Å². The molecule has 3 aromatic rings. The first-order chi connectivity index (χ1) is 9.61. The van der Waals surface area contributed by atoms with Crippen molar-refractivity contribution in [3.63, 3.8) is 0 Å². The van der Waals surface area contributed by atoms with Crippen LogP contribution in [0.3, 0.4) is 0 Å². The molecule has 2 N–H and O–H groups in total. The number of thiazole rings is 1. The number of nitrogens with zero attached hydrogens (tertiary/aromatic N) is 1. The van der Waals surface area contributed by atoms with Crippen LogP contribution in [0.4, 0.5) is 5.69 Å². The second-order valence-corrected chi connectivity index (χ2v) is 6.48. The molecule has 0 saturated carbocycles. The van der Waals surface area contributed by atoms with Crippen molar-refractivity contribution in [2.75, 3.05) is 5.73 Å². The van der Waals surface area contributed by atoms with E-state index in [1.165, 1.54) is 0 Å². The van der Waals surface area contributed by atoms with E-state index in [-0.39, 0.29) is 5.78 Å². The first-order valence-electron chi connectivity index (χ1n) is 6.05. The van der Waals surface area contributed by atoms with Crippen LogP contribution < -0.4 is 5.73 Å². The predicted octanol–water partition coefficient (Wildman–Crippen LogP) is 4.07. The van der Waals surface area contributed by atoms with Gasteiger partial charge in [0.05, 0.1) is 16.6 Å². The normalized spacial score (nSPS) is 10.8. The van der Waals surface area contributed by atoms with E-state index < -0.39 is 0 Å². The van der Waals surface area contributed by atoms with Crippen molar-refractivity contribution in [3.05, 3.63) is 57.5 Å². The van der Waals surface area contributed by atoms with E-state index in [1.807, 2.05) is 24.3 Å². The van der Waals surface area contributed by atoms with Crippen molar-refractivity contribution in [2.45, 2.75) is 6.42 Å². The van der Waals surface area contributed by atoms with Crippen molar-refractivity contribution < 1.29 is 4.79 Å². The number of aromatic nitrogens is 1. The Morgan fingerprint density at radius 3 is 2.80 bits per heavy atom. The van der Waals surface area contributed by atoms with Crippen molar-refractivity contribution >= 4 is 49.0 Å². The number of nitrogen functional groups attached to an aromatic ring is 1. The molecule has 0 spiro atoms. The molecule has 0 atom stereocenters. The monoisotopic (exact) mass is 346 g/mol. The number of benzene rings is 2. The SMILES string of the molecule is Nc1cc(Br)cc(C(=O)Cc2nc3ccccc3s2)c1. The molecule has 0 aliphatic heterocycles. The second-order valence-electron chi connectivity index (χ2n) is 4.45. The van der Waals surface area contributed by atoms with E-state index in [0.717, 1.165) is 19.7 Å². The summed E-state index contributed by atoms with van der Waals surface area (Å²) in [5.41, 5.74) is 7.88. The molecule has 100 valence electrons. The second kappa shape index (κ2) is 5.34. The molecule has 0 fully saturated rings. The molecule has 0 bridgehead atoms. The minimum Gasteiger partial charge on any atom is -0.399 e. The van der Waals surface area contributed by atoms with E-state index in [1.54, 1.807) is 29.5 Å². The maximum atomic E-state index is 12.3. The fraction of sp³-hybridized carbons (Fsp3) is 0.0667. The molecule has 2 aromatic carbocycles. The summed E-state index contributed by atoms with van der Waals surface area (Å²) in [5.74, 6) is 0.0251. The summed E-state index contributed by atoms with van der Waals surface area (Å²) in [7, 11) is 0. The fourth-order valence-electron chi connectivity index (χ4n) is 2.01. The number of halogens is 1. The van der Waals surface area contributed by atoms with Gasteiger partial charge in [-0.05, 0) is 30.3 Å². The number of ketones is 1. The van der Waals surface area contributed by atoms with Crippen molar-refractivity contribution in [1.29, 1.82) is 0 Å². The highest BCUT2D eigenvalue weighted by Crippen LogP contribution is 2.24. The first-order valence-corrected chi connectivity index (χ1v) is 7.66. The summed E-state index contributed by atoms with van der Waals surface area (Å²) in [6.45, 7) is 0. The van der Waals surface area contributed by atoms with Crippen LogP contribution in [-0.2, 0) is 6.42 Å². The van der Waals surface area contributed by atoms with Gasteiger partial charge in [-0.2, -0.15) is 0 Å². The van der Waals surface area contributed by atoms with Crippen LogP contribution in [0.2, 0.25) is 0 Å². The number of hydrogen-bond acceptors (Lipinski definition) is 4. The Balaban J connectivity index is 1.88. The molecule has 0 radical (unpaired) electrons. The largest absolute Gasteiger partial charge is 0.399 e. The summed E-state index contributed by atoms with van der Waals surface area (Å²) in [5, 5.41) is 0.828. The number of para-hydroxylation sites is 1. The number of anilines is 1. The topological polar surface area (TPSA) is 56.0 Å². The number of nitrogens with two attached hydrogens (primary N) is 1. The average Bonchev–Trinajstić information content (AvgIpc) is 2.79. The zero-order valence-corrected chi connectivity index (χ0v) is 12.9. The maximum absolute atomic E-state index is 12.3. The highest BCUT2D eigenvalue weighted by Gasteiger charge is 2.12. The van der Waals surface area contributed by atoms with Gasteiger partial charge in [0.25, 0.3) is 0 Å². The van der Waals surface area contributed by atoms with E-state index >= 15 is 0 Å². The van der Waals surface area contributed by atoms with Gasteiger partial charge in [0.1, 0.15) is 5.01 Å². The molecule has 3 rings (SSSR count). The van der Waals surface area contributed by atoms with Crippen molar-refractivity contribution in [2.24, 2.45) is 0 Å². The number of rotatable bonds is 3. The maximum Gasteiger partial charge on any atom is 0.169 e. The van der Waals surface area contributed by atoms with Gasteiger partial charge in [0.15, 0.2) is 5.78 Å². The summed E-state index contributed by atoms with van der Waals surface area (Å²) < 4.78 is 1.91. The highest BCUT2D eigenvalue weighted by atomic mass is 79.9. The van der Waals surface area contributed by atoms with Gasteiger partial charge in [0.2, 0.25) is 0 Å². The lowest BCUT2D eigenvalue weighted by molar-refractivity contribution is 0.0993. The van der Waals surface area contributed by atoms with Crippen LogP contribution in [0.5, 0.6) is 0 Å². The summed E-state index contributed by atoms with van der Waals surface area (Å²) in [6.07, 6.45) is 0.301. The predicted molar refractivity (Wildman–Crippen MR) is 86.2 cm³/mol. The molecule has 0 aliphatic carbocycles. The van der Waals surface area contributed by atoms with E-state index in [9.17, 15) is 4.79 Å². The number of carbonyl (C=O) groups excluding carboxylic acids is 1. The number of fused-ring (bicyclic) bond motifs is 1. The number of hydrogen-bond donors (Lipinski definition) is 1. The third-order valence-corrected chi connectivity index (χ3v) is 4.39. The zero-order valence-electron chi connectivity index (χ0n) is 10.5. The minimum absolute atomic E-state index is 0.0251. The van der Waals surface area contributed by atoms with Crippen LogP contribution in [0.25, 0.3) is 10.2 Å². The third kappa shape index (κ3) is 2.73. The lowest BCUT2D eigenvalue weighted by Gasteiger charge is -2.02. The number of Topliss-reactive ketones (excluding diaryl/α,β-unsaturated/α-hetero) is 1.